The molecule has 3 aromatic rings. The van der Waals surface area contributed by atoms with Gasteiger partial charge in [0.1, 0.15) is 5.75 Å². The number of hydrogen-bond donors (Lipinski definition) is 0. The number of rotatable bonds is 7. The first kappa shape index (κ1) is 14.4. The van der Waals surface area contributed by atoms with Gasteiger partial charge in [-0.15, -0.1) is 6.58 Å². The fourth-order valence-corrected chi connectivity index (χ4v) is 2.57. The van der Waals surface area contributed by atoms with Crippen LogP contribution in [0.3, 0.4) is 0 Å². The molecule has 3 nitrogen and oxygen atoms in total. The number of aryl methyl sites for hydroxylation is 1. The van der Waals surface area contributed by atoms with Crippen LogP contribution in [0.25, 0.3) is 10.9 Å². The van der Waals surface area contributed by atoms with Crippen LogP contribution < -0.4 is 4.74 Å². The minimum absolute atomic E-state index is 0.683. The van der Waals surface area contributed by atoms with Gasteiger partial charge in [0.05, 0.1) is 18.3 Å². The maximum Gasteiger partial charge on any atom is 0.122 e. The molecule has 112 valence electrons. The zero-order valence-corrected chi connectivity index (χ0v) is 12.6. The molecule has 1 heterocycles. The second-order valence-electron chi connectivity index (χ2n) is 5.23. The van der Waals surface area contributed by atoms with E-state index in [9.17, 15) is 0 Å². The van der Waals surface area contributed by atoms with Gasteiger partial charge < -0.3 is 4.74 Å². The van der Waals surface area contributed by atoms with Crippen molar-refractivity contribution in [2.24, 2.45) is 0 Å². The maximum absolute atomic E-state index is 5.91. The Morgan fingerprint density at radius 1 is 1.09 bits per heavy atom. The van der Waals surface area contributed by atoms with Crippen LogP contribution in [0.1, 0.15) is 12.0 Å². The van der Waals surface area contributed by atoms with E-state index < -0.39 is 0 Å². The minimum atomic E-state index is 0.683. The average molecular weight is 292 g/mol. The van der Waals surface area contributed by atoms with Crippen LogP contribution in [-0.2, 0) is 13.0 Å². The molecule has 3 heteroatoms. The monoisotopic (exact) mass is 292 g/mol. The summed E-state index contributed by atoms with van der Waals surface area (Å²) in [4.78, 5) is 0. The van der Waals surface area contributed by atoms with Crippen LogP contribution in [0, 0.1) is 0 Å². The highest BCUT2D eigenvalue weighted by atomic mass is 16.5. The molecule has 0 aliphatic rings. The fraction of sp³-hybridized carbons (Fsp3) is 0.211. The molecule has 0 fully saturated rings. The van der Waals surface area contributed by atoms with E-state index in [-0.39, 0.29) is 0 Å². The van der Waals surface area contributed by atoms with Crippen LogP contribution in [-0.4, -0.2) is 16.4 Å². The first-order chi connectivity index (χ1) is 10.9. The molecule has 0 aliphatic heterocycles. The molecule has 0 amide bonds. The van der Waals surface area contributed by atoms with E-state index >= 15 is 0 Å². The van der Waals surface area contributed by atoms with Gasteiger partial charge in [0, 0.05) is 18.4 Å². The zero-order valence-electron chi connectivity index (χ0n) is 12.6. The van der Waals surface area contributed by atoms with Crippen molar-refractivity contribution in [2.45, 2.75) is 19.4 Å². The zero-order chi connectivity index (χ0) is 15.2. The van der Waals surface area contributed by atoms with Gasteiger partial charge in [0.25, 0.3) is 0 Å². The predicted octanol–water partition coefficient (Wildman–Crippen LogP) is 4.23. The van der Waals surface area contributed by atoms with Crippen LogP contribution >= 0.6 is 0 Å². The van der Waals surface area contributed by atoms with Crippen molar-refractivity contribution in [3.05, 3.63) is 72.9 Å². The third kappa shape index (κ3) is 3.19. The Morgan fingerprint density at radius 3 is 2.82 bits per heavy atom. The van der Waals surface area contributed by atoms with Crippen molar-refractivity contribution in [3.63, 3.8) is 0 Å². The van der Waals surface area contributed by atoms with Crippen molar-refractivity contribution in [1.29, 1.82) is 0 Å². The molecule has 0 spiro atoms. The van der Waals surface area contributed by atoms with Crippen molar-refractivity contribution in [3.8, 4) is 5.75 Å². The summed E-state index contributed by atoms with van der Waals surface area (Å²) in [7, 11) is 0. The second-order valence-corrected chi connectivity index (χ2v) is 5.23. The molecule has 0 radical (unpaired) electrons. The number of hydrogen-bond acceptors (Lipinski definition) is 2. The Kier molecular flexibility index (Phi) is 4.54. The molecular weight excluding hydrogens is 272 g/mol. The summed E-state index contributed by atoms with van der Waals surface area (Å²) in [6, 6.07) is 16.4. The topological polar surface area (TPSA) is 27.1 Å². The molecule has 0 N–H and O–H groups in total. The van der Waals surface area contributed by atoms with Gasteiger partial charge >= 0.3 is 0 Å². The second kappa shape index (κ2) is 6.94. The van der Waals surface area contributed by atoms with Gasteiger partial charge in [0.15, 0.2) is 0 Å². The largest absolute Gasteiger partial charge is 0.493 e. The maximum atomic E-state index is 5.91. The first-order valence-corrected chi connectivity index (χ1v) is 7.60. The van der Waals surface area contributed by atoms with E-state index in [1.165, 1.54) is 16.5 Å². The molecule has 1 aromatic heterocycles. The lowest BCUT2D eigenvalue weighted by molar-refractivity contribution is 0.297. The standard InChI is InChI=1S/C19H20N2O/c1-2-8-16-9-4-6-12-19(16)22-14-7-13-21-18-11-5-3-10-17(18)15-20-21/h2-6,9-12,15H,1,7-8,13-14H2. The highest BCUT2D eigenvalue weighted by Gasteiger charge is 2.03. The van der Waals surface area contributed by atoms with Gasteiger partial charge in [-0.25, -0.2) is 0 Å². The van der Waals surface area contributed by atoms with Crippen LogP contribution in [0.5, 0.6) is 5.75 Å². The Hall–Kier alpha value is -2.55. The third-order valence-electron chi connectivity index (χ3n) is 3.66. The molecule has 0 atom stereocenters. The molecule has 0 saturated carbocycles. The number of allylic oxidation sites excluding steroid dienone is 1. The number of para-hydroxylation sites is 2. The van der Waals surface area contributed by atoms with E-state index in [2.05, 4.69) is 29.9 Å². The normalized spacial score (nSPS) is 10.7. The molecule has 0 bridgehead atoms. The van der Waals surface area contributed by atoms with E-state index in [0.29, 0.717) is 6.61 Å². The van der Waals surface area contributed by atoms with Crippen molar-refractivity contribution < 1.29 is 4.74 Å². The van der Waals surface area contributed by atoms with Gasteiger partial charge in [-0.05, 0) is 24.1 Å². The highest BCUT2D eigenvalue weighted by Crippen LogP contribution is 2.19. The van der Waals surface area contributed by atoms with Crippen LogP contribution in [0.4, 0.5) is 0 Å². The van der Waals surface area contributed by atoms with E-state index in [1.807, 2.05) is 47.3 Å². The average Bonchev–Trinajstić information content (AvgIpc) is 2.97. The summed E-state index contributed by atoms with van der Waals surface area (Å²) in [5, 5.41) is 5.62. The number of nitrogens with zero attached hydrogens (tertiary/aromatic N) is 2. The first-order valence-electron chi connectivity index (χ1n) is 7.60. The molecule has 0 saturated heterocycles. The van der Waals surface area contributed by atoms with Gasteiger partial charge in [0.2, 0.25) is 0 Å². The molecule has 0 unspecified atom stereocenters. The minimum Gasteiger partial charge on any atom is -0.493 e. The highest BCUT2D eigenvalue weighted by molar-refractivity contribution is 5.78. The number of aromatic nitrogens is 2. The number of ether oxygens (including phenoxy) is 1. The molecule has 0 aliphatic carbocycles. The smallest absolute Gasteiger partial charge is 0.122 e. The molecular formula is C19H20N2O. The lowest BCUT2D eigenvalue weighted by atomic mass is 10.1. The van der Waals surface area contributed by atoms with Crippen LogP contribution in [0.2, 0.25) is 0 Å². The van der Waals surface area contributed by atoms with Crippen LogP contribution in [0.15, 0.2) is 67.4 Å². The fourth-order valence-electron chi connectivity index (χ4n) is 2.57. The van der Waals surface area contributed by atoms with Crippen molar-refractivity contribution in [2.75, 3.05) is 6.61 Å². The van der Waals surface area contributed by atoms with Gasteiger partial charge in [-0.3, -0.25) is 4.68 Å². The Labute approximate surface area is 130 Å². The molecule has 2 aromatic carbocycles. The summed E-state index contributed by atoms with van der Waals surface area (Å²) >= 11 is 0. The number of benzene rings is 2. The summed E-state index contributed by atoms with van der Waals surface area (Å²) in [6.07, 6.45) is 5.57. The van der Waals surface area contributed by atoms with Crippen molar-refractivity contribution in [1.82, 2.24) is 9.78 Å². The third-order valence-corrected chi connectivity index (χ3v) is 3.66. The van der Waals surface area contributed by atoms with Crippen molar-refractivity contribution >= 4 is 10.9 Å². The van der Waals surface area contributed by atoms with Gasteiger partial charge in [-0.1, -0.05) is 42.5 Å². The lowest BCUT2D eigenvalue weighted by Gasteiger charge is -2.10. The quantitative estimate of drug-likeness (QED) is 0.481. The molecule has 22 heavy (non-hydrogen) atoms. The van der Waals surface area contributed by atoms with Gasteiger partial charge in [-0.2, -0.15) is 5.10 Å². The predicted molar refractivity (Wildman–Crippen MR) is 90.2 cm³/mol. The van der Waals surface area contributed by atoms with E-state index in [1.54, 1.807) is 0 Å². The van der Waals surface area contributed by atoms with E-state index in [4.69, 9.17) is 4.74 Å². The summed E-state index contributed by atoms with van der Waals surface area (Å²) < 4.78 is 7.95. The number of fused-ring (bicyclic) bond motifs is 1. The summed E-state index contributed by atoms with van der Waals surface area (Å²) in [6.45, 7) is 5.33. The Morgan fingerprint density at radius 2 is 1.91 bits per heavy atom. The summed E-state index contributed by atoms with van der Waals surface area (Å²) in [5.41, 5.74) is 2.36. The Bertz CT molecular complexity index is 761. The summed E-state index contributed by atoms with van der Waals surface area (Å²) in [5.74, 6) is 0.952. The SMILES string of the molecule is C=CCc1ccccc1OCCCn1ncc2ccccc21. The Balaban J connectivity index is 1.57. The lowest BCUT2D eigenvalue weighted by Crippen LogP contribution is -2.06. The molecule has 3 rings (SSSR count). The van der Waals surface area contributed by atoms with E-state index in [0.717, 1.165) is 25.1 Å².